The molecule has 0 spiro atoms. The summed E-state index contributed by atoms with van der Waals surface area (Å²) in [6, 6.07) is 0.693. The van der Waals surface area contributed by atoms with Gasteiger partial charge in [0.15, 0.2) is 6.10 Å². The van der Waals surface area contributed by atoms with E-state index in [1.807, 2.05) is 6.92 Å². The lowest BCUT2D eigenvalue weighted by atomic mass is 10.1. The third-order valence-electron chi connectivity index (χ3n) is 5.67. The molecular weight excluding hydrogens is 584 g/mol. The van der Waals surface area contributed by atoms with E-state index in [2.05, 4.69) is 25.8 Å². The predicted molar refractivity (Wildman–Crippen MR) is 160 cm³/mol. The quantitative estimate of drug-likeness (QED) is 0.0703. The molecule has 0 bridgehead atoms. The monoisotopic (exact) mass is 630 g/mol. The second-order valence-corrected chi connectivity index (χ2v) is 12.7. The molecule has 0 aliphatic carbocycles. The van der Waals surface area contributed by atoms with E-state index in [0.29, 0.717) is 21.8 Å². The Morgan fingerprint density at radius 1 is 0.977 bits per heavy atom. The summed E-state index contributed by atoms with van der Waals surface area (Å²) in [7, 11) is 2.66. The van der Waals surface area contributed by atoms with Crippen molar-refractivity contribution in [2.24, 2.45) is 4.99 Å². The maximum atomic E-state index is 13.1. The van der Waals surface area contributed by atoms with Crippen molar-refractivity contribution in [3.63, 3.8) is 0 Å². The number of nitrogens with zero attached hydrogens (tertiary/aromatic N) is 1. The summed E-state index contributed by atoms with van der Waals surface area (Å²) < 4.78 is 38.9. The largest absolute Gasteiger partial charge is 0.496 e. The topological polar surface area (TPSA) is 183 Å². The van der Waals surface area contributed by atoms with Crippen LogP contribution in [0.25, 0.3) is 0 Å². The molecule has 4 N–H and O–H groups in total. The smallest absolute Gasteiger partial charge is 0.414 e. The zero-order valence-corrected chi connectivity index (χ0v) is 27.6. The third kappa shape index (κ3) is 13.2. The number of rotatable bonds is 11. The summed E-state index contributed by atoms with van der Waals surface area (Å²) >= 11 is -2.01. The fourth-order valence-corrected chi connectivity index (χ4v) is 4.62. The fourth-order valence-electron chi connectivity index (χ4n) is 3.66. The molecule has 0 saturated heterocycles. The Morgan fingerprint density at radius 3 is 2.09 bits per heavy atom. The SMILES string of the molecule is COC(=O)C(O)C(CCCN=C(NOS(=O)c1c(C)cc(OC)c(C)c1C)NC(=O)OC(C)(C)C)NC(=O)OC(C)(C)C. The standard InChI is InChI=1S/C28H46N4O10S/c1-16-15-20(38-10)17(2)18(3)22(16)43(37)42-32-24(31-26(36)41-28(7,8)9)29-14-12-13-19(21(33)23(34)39-11)30-25(35)40-27(4,5)6/h15,19,21,33H,12-14H2,1-11H3,(H,30,35)(H2,29,31,32,36). The normalized spacial score (nSPS) is 14.2. The summed E-state index contributed by atoms with van der Waals surface area (Å²) in [4.78, 5) is 41.4. The number of aryl methyl sites for hydroxylation is 1. The van der Waals surface area contributed by atoms with Gasteiger partial charge in [-0.05, 0) is 97.9 Å². The number of carbonyl (C=O) groups excluding carboxylic acids is 3. The Hall–Kier alpha value is -3.43. The van der Waals surface area contributed by atoms with Crippen LogP contribution < -0.4 is 20.9 Å². The van der Waals surface area contributed by atoms with Crippen molar-refractivity contribution >= 4 is 35.2 Å². The van der Waals surface area contributed by atoms with Gasteiger partial charge >= 0.3 is 18.2 Å². The predicted octanol–water partition coefficient (Wildman–Crippen LogP) is 3.25. The molecule has 43 heavy (non-hydrogen) atoms. The van der Waals surface area contributed by atoms with Gasteiger partial charge in [-0.15, -0.1) is 0 Å². The Morgan fingerprint density at radius 2 is 1.56 bits per heavy atom. The second kappa shape index (κ2) is 16.4. The molecular formula is C28H46N4O10S. The number of guanidine groups is 1. The highest BCUT2D eigenvalue weighted by Crippen LogP contribution is 2.29. The van der Waals surface area contributed by atoms with Gasteiger partial charge in [-0.2, -0.15) is 4.28 Å². The average molecular weight is 631 g/mol. The van der Waals surface area contributed by atoms with Crippen molar-refractivity contribution < 1.29 is 46.9 Å². The summed E-state index contributed by atoms with van der Waals surface area (Å²) in [5, 5.41) is 15.3. The summed E-state index contributed by atoms with van der Waals surface area (Å²) in [5.74, 6) is -0.489. The van der Waals surface area contributed by atoms with Crippen molar-refractivity contribution in [2.75, 3.05) is 20.8 Å². The maximum absolute atomic E-state index is 13.1. The number of hydroxylamine groups is 1. The molecule has 0 saturated carbocycles. The first kappa shape index (κ1) is 37.6. The molecule has 15 heteroatoms. The number of aliphatic hydroxyl groups is 1. The Bertz CT molecular complexity index is 1190. The van der Waals surface area contributed by atoms with Gasteiger partial charge in [0.2, 0.25) is 17.0 Å². The van der Waals surface area contributed by atoms with Crippen LogP contribution in [0.5, 0.6) is 5.75 Å². The first-order valence-electron chi connectivity index (χ1n) is 13.6. The van der Waals surface area contributed by atoms with Crippen LogP contribution in [0.2, 0.25) is 0 Å². The van der Waals surface area contributed by atoms with Crippen LogP contribution in [0.1, 0.15) is 71.1 Å². The number of esters is 1. The van der Waals surface area contributed by atoms with E-state index in [4.69, 9.17) is 18.5 Å². The minimum Gasteiger partial charge on any atom is -0.496 e. The number of ether oxygens (including phenoxy) is 4. The number of alkyl carbamates (subject to hydrolysis) is 2. The van der Waals surface area contributed by atoms with Crippen molar-refractivity contribution in [3.8, 4) is 5.75 Å². The van der Waals surface area contributed by atoms with Crippen LogP contribution in [0.15, 0.2) is 16.0 Å². The number of aliphatic hydroxyl groups excluding tert-OH is 1. The first-order chi connectivity index (χ1) is 19.8. The van der Waals surface area contributed by atoms with Crippen molar-refractivity contribution in [1.29, 1.82) is 0 Å². The lowest BCUT2D eigenvalue weighted by Crippen LogP contribution is -2.48. The van der Waals surface area contributed by atoms with Crippen LogP contribution >= 0.6 is 0 Å². The number of amides is 2. The average Bonchev–Trinajstić information content (AvgIpc) is 2.87. The molecule has 1 aromatic rings. The molecule has 1 rings (SSSR count). The zero-order valence-electron chi connectivity index (χ0n) is 26.8. The van der Waals surface area contributed by atoms with E-state index in [1.165, 1.54) is 0 Å². The van der Waals surface area contributed by atoms with E-state index < -0.39 is 52.6 Å². The van der Waals surface area contributed by atoms with Crippen LogP contribution in [-0.4, -0.2) is 77.5 Å². The van der Waals surface area contributed by atoms with Gasteiger partial charge in [-0.3, -0.25) is 10.3 Å². The van der Waals surface area contributed by atoms with E-state index in [9.17, 15) is 23.7 Å². The van der Waals surface area contributed by atoms with Crippen LogP contribution in [0, 0.1) is 20.8 Å². The first-order valence-corrected chi connectivity index (χ1v) is 14.7. The van der Waals surface area contributed by atoms with Gasteiger partial charge in [0, 0.05) is 6.54 Å². The summed E-state index contributed by atoms with van der Waals surface area (Å²) in [6.07, 6.45) is -3.03. The highest BCUT2D eigenvalue weighted by atomic mass is 32.2. The van der Waals surface area contributed by atoms with Crippen LogP contribution in [0.4, 0.5) is 9.59 Å². The molecule has 3 unspecified atom stereocenters. The van der Waals surface area contributed by atoms with Crippen molar-refractivity contribution in [3.05, 3.63) is 22.8 Å². The Balaban J connectivity index is 3.08. The van der Waals surface area contributed by atoms with E-state index in [1.54, 1.807) is 68.6 Å². The van der Waals surface area contributed by atoms with Crippen molar-refractivity contribution in [1.82, 2.24) is 16.1 Å². The van der Waals surface area contributed by atoms with Gasteiger partial charge in [0.1, 0.15) is 17.0 Å². The molecule has 0 aliphatic rings. The van der Waals surface area contributed by atoms with Gasteiger partial charge in [-0.25, -0.2) is 24.1 Å². The van der Waals surface area contributed by atoms with E-state index in [0.717, 1.165) is 12.7 Å². The van der Waals surface area contributed by atoms with Gasteiger partial charge in [-0.1, -0.05) is 0 Å². The van der Waals surface area contributed by atoms with E-state index >= 15 is 0 Å². The molecule has 0 fully saturated rings. The van der Waals surface area contributed by atoms with E-state index in [-0.39, 0.29) is 25.3 Å². The minimum absolute atomic E-state index is 0.0220. The summed E-state index contributed by atoms with van der Waals surface area (Å²) in [5.41, 5.74) is 3.00. The lowest BCUT2D eigenvalue weighted by molar-refractivity contribution is -0.152. The number of carbonyl (C=O) groups is 3. The Kier molecular flexibility index (Phi) is 14.4. The van der Waals surface area contributed by atoms with Crippen LogP contribution in [0.3, 0.4) is 0 Å². The molecule has 1 aromatic carbocycles. The lowest BCUT2D eigenvalue weighted by Gasteiger charge is -2.25. The highest BCUT2D eigenvalue weighted by molar-refractivity contribution is 7.80. The maximum Gasteiger partial charge on any atom is 0.414 e. The summed E-state index contributed by atoms with van der Waals surface area (Å²) in [6.45, 7) is 15.5. The molecule has 0 aliphatic heterocycles. The van der Waals surface area contributed by atoms with Gasteiger partial charge < -0.3 is 29.4 Å². The fraction of sp³-hybridized carbons (Fsp3) is 0.643. The zero-order chi connectivity index (χ0) is 33.1. The number of hydrogen-bond acceptors (Lipinski definition) is 11. The highest BCUT2D eigenvalue weighted by Gasteiger charge is 2.30. The number of benzene rings is 1. The molecule has 0 heterocycles. The number of nitrogens with one attached hydrogen (secondary N) is 3. The van der Waals surface area contributed by atoms with Gasteiger partial charge in [0.05, 0.1) is 25.2 Å². The third-order valence-corrected chi connectivity index (χ3v) is 6.86. The molecule has 14 nitrogen and oxygen atoms in total. The van der Waals surface area contributed by atoms with Crippen LogP contribution in [-0.2, 0) is 34.4 Å². The second-order valence-electron chi connectivity index (χ2n) is 11.6. The Labute approximate surface area is 255 Å². The van der Waals surface area contributed by atoms with Gasteiger partial charge in [0.25, 0.3) is 0 Å². The molecule has 0 radical (unpaired) electrons. The number of methoxy groups -OCH3 is 2. The molecule has 244 valence electrons. The molecule has 3 atom stereocenters. The molecule has 2 amide bonds. The number of aliphatic imine (C=N–C) groups is 1. The number of hydrogen-bond donors (Lipinski definition) is 4. The minimum atomic E-state index is -2.01. The molecule has 0 aromatic heterocycles. The van der Waals surface area contributed by atoms with Crippen molar-refractivity contribution in [2.45, 2.75) is 103 Å².